The van der Waals surface area contributed by atoms with Crippen molar-refractivity contribution in [2.75, 3.05) is 0 Å². The molecule has 2 aromatic rings. The minimum absolute atomic E-state index is 0.208. The van der Waals surface area contributed by atoms with Crippen LogP contribution >= 0.6 is 15.9 Å². The van der Waals surface area contributed by atoms with E-state index in [0.29, 0.717) is 28.1 Å². The van der Waals surface area contributed by atoms with Gasteiger partial charge < -0.3 is 4.98 Å². The van der Waals surface area contributed by atoms with E-state index in [1.165, 1.54) is 6.20 Å². The molecule has 15 heavy (non-hydrogen) atoms. The Hall–Kier alpha value is -1.50. The number of rotatable bonds is 2. The summed E-state index contributed by atoms with van der Waals surface area (Å²) in [5, 5.41) is 9.97. The summed E-state index contributed by atoms with van der Waals surface area (Å²) >= 11 is 3.19. The zero-order valence-corrected chi connectivity index (χ0v) is 9.50. The monoisotopic (exact) mass is 269 g/mol. The Balaban J connectivity index is 2.61. The van der Waals surface area contributed by atoms with Crippen LogP contribution in [-0.2, 0) is 6.42 Å². The number of nitrogens with zero attached hydrogens (tertiary/aromatic N) is 3. The van der Waals surface area contributed by atoms with Crippen molar-refractivity contribution in [3.05, 3.63) is 26.7 Å². The average Bonchev–Trinajstić information content (AvgIpc) is 2.75. The van der Waals surface area contributed by atoms with Crippen molar-refractivity contribution >= 4 is 15.9 Å². The van der Waals surface area contributed by atoms with Gasteiger partial charge in [-0.25, -0.2) is 4.98 Å². The molecular formula is C8H8BrN5O. The zero-order chi connectivity index (χ0) is 10.8. The van der Waals surface area contributed by atoms with Crippen LogP contribution in [0.5, 0.6) is 0 Å². The van der Waals surface area contributed by atoms with Gasteiger partial charge >= 0.3 is 0 Å². The van der Waals surface area contributed by atoms with Crippen molar-refractivity contribution in [2.45, 2.75) is 13.3 Å². The maximum absolute atomic E-state index is 11.5. The fourth-order valence-electron chi connectivity index (χ4n) is 1.18. The van der Waals surface area contributed by atoms with E-state index in [2.05, 4.69) is 41.3 Å². The molecule has 0 atom stereocenters. The highest BCUT2D eigenvalue weighted by atomic mass is 79.9. The molecule has 0 unspecified atom stereocenters. The topological polar surface area (TPSA) is 87.3 Å². The molecule has 2 N–H and O–H groups in total. The molecule has 0 aliphatic heterocycles. The van der Waals surface area contributed by atoms with Crippen LogP contribution in [0.1, 0.15) is 12.6 Å². The third-order valence-corrected chi connectivity index (χ3v) is 2.74. The Morgan fingerprint density at radius 1 is 1.53 bits per heavy atom. The number of aromatic amines is 2. The first-order valence-corrected chi connectivity index (χ1v) is 5.16. The second kappa shape index (κ2) is 3.93. The molecular weight excluding hydrogens is 262 g/mol. The molecule has 78 valence electrons. The van der Waals surface area contributed by atoms with Crippen molar-refractivity contribution < 1.29 is 0 Å². The molecule has 0 spiro atoms. The Kier molecular flexibility index (Phi) is 2.63. The van der Waals surface area contributed by atoms with Crippen LogP contribution in [-0.4, -0.2) is 25.4 Å². The second-order valence-electron chi connectivity index (χ2n) is 2.88. The molecule has 0 saturated heterocycles. The van der Waals surface area contributed by atoms with Crippen LogP contribution < -0.4 is 5.56 Å². The lowest BCUT2D eigenvalue weighted by molar-refractivity contribution is 0.927. The lowest BCUT2D eigenvalue weighted by Crippen LogP contribution is -2.13. The second-order valence-corrected chi connectivity index (χ2v) is 3.68. The number of halogens is 1. The highest BCUT2D eigenvalue weighted by Gasteiger charge is 2.10. The van der Waals surface area contributed by atoms with Gasteiger partial charge in [0.2, 0.25) is 0 Å². The molecule has 0 amide bonds. The summed E-state index contributed by atoms with van der Waals surface area (Å²) in [7, 11) is 0. The molecule has 0 fully saturated rings. The fraction of sp³-hybridized carbons (Fsp3) is 0.250. The van der Waals surface area contributed by atoms with Crippen molar-refractivity contribution in [3.63, 3.8) is 0 Å². The number of hydrogen-bond donors (Lipinski definition) is 2. The Bertz CT molecular complexity index is 518. The first kappa shape index (κ1) is 10.0. The molecule has 7 heteroatoms. The summed E-state index contributed by atoms with van der Waals surface area (Å²) in [6.45, 7) is 1.93. The van der Waals surface area contributed by atoms with Crippen LogP contribution in [0.3, 0.4) is 0 Å². The van der Waals surface area contributed by atoms with Gasteiger partial charge in [-0.2, -0.15) is 15.4 Å². The molecule has 0 saturated carbocycles. The number of aromatic nitrogens is 5. The van der Waals surface area contributed by atoms with Crippen molar-refractivity contribution in [2.24, 2.45) is 0 Å². The van der Waals surface area contributed by atoms with E-state index in [1.54, 1.807) is 0 Å². The third-order valence-electron chi connectivity index (χ3n) is 1.92. The Morgan fingerprint density at radius 3 is 2.93 bits per heavy atom. The minimum atomic E-state index is -0.208. The highest BCUT2D eigenvalue weighted by molar-refractivity contribution is 9.10. The summed E-state index contributed by atoms with van der Waals surface area (Å²) in [5.41, 5.74) is 1.02. The number of H-pyrrole nitrogens is 2. The van der Waals surface area contributed by atoms with Crippen LogP contribution in [0, 0.1) is 0 Å². The summed E-state index contributed by atoms with van der Waals surface area (Å²) < 4.78 is 0.470. The number of aryl methyl sites for hydroxylation is 1. The highest BCUT2D eigenvalue weighted by Crippen LogP contribution is 2.13. The normalized spacial score (nSPS) is 10.5. The first-order chi connectivity index (χ1) is 7.22. The van der Waals surface area contributed by atoms with Gasteiger partial charge in [0.15, 0.2) is 5.82 Å². The van der Waals surface area contributed by atoms with Gasteiger partial charge in [0.25, 0.3) is 5.56 Å². The SMILES string of the molecule is CCc1nc(-c2cn[nH]n2)[nH]c(=O)c1Br. The number of nitrogens with one attached hydrogen (secondary N) is 2. The smallest absolute Gasteiger partial charge is 0.265 e. The first-order valence-electron chi connectivity index (χ1n) is 4.37. The summed E-state index contributed by atoms with van der Waals surface area (Å²) in [5.74, 6) is 0.425. The van der Waals surface area contributed by atoms with E-state index >= 15 is 0 Å². The standard InChI is InChI=1S/C8H8BrN5O/c1-2-4-6(9)8(15)12-7(11-4)5-3-10-14-13-5/h3H,2H2,1H3,(H,10,13,14)(H,11,12,15). The fourth-order valence-corrected chi connectivity index (χ4v) is 1.64. The predicted molar refractivity (Wildman–Crippen MR) is 57.3 cm³/mol. The van der Waals surface area contributed by atoms with Crippen LogP contribution in [0.25, 0.3) is 11.5 Å². The Morgan fingerprint density at radius 2 is 2.33 bits per heavy atom. The molecule has 0 aliphatic rings. The molecule has 0 aliphatic carbocycles. The average molecular weight is 270 g/mol. The Labute approximate surface area is 93.3 Å². The van der Waals surface area contributed by atoms with Crippen LogP contribution in [0.4, 0.5) is 0 Å². The van der Waals surface area contributed by atoms with Gasteiger partial charge in [-0.05, 0) is 22.4 Å². The molecule has 0 radical (unpaired) electrons. The van der Waals surface area contributed by atoms with E-state index in [4.69, 9.17) is 0 Å². The molecule has 6 nitrogen and oxygen atoms in total. The number of hydrogen-bond acceptors (Lipinski definition) is 4. The van der Waals surface area contributed by atoms with Gasteiger partial charge in [0.05, 0.1) is 11.9 Å². The quantitative estimate of drug-likeness (QED) is 0.847. The van der Waals surface area contributed by atoms with E-state index in [0.717, 1.165) is 0 Å². The lowest BCUT2D eigenvalue weighted by Gasteiger charge is -2.01. The van der Waals surface area contributed by atoms with E-state index < -0.39 is 0 Å². The van der Waals surface area contributed by atoms with Crippen molar-refractivity contribution in [1.82, 2.24) is 25.4 Å². The van der Waals surface area contributed by atoms with Crippen molar-refractivity contribution in [3.8, 4) is 11.5 Å². The molecule has 2 aromatic heterocycles. The zero-order valence-electron chi connectivity index (χ0n) is 7.91. The van der Waals surface area contributed by atoms with Crippen LogP contribution in [0.2, 0.25) is 0 Å². The molecule has 0 bridgehead atoms. The van der Waals surface area contributed by atoms with Gasteiger partial charge in [-0.15, -0.1) is 0 Å². The molecule has 0 aromatic carbocycles. The van der Waals surface area contributed by atoms with Crippen molar-refractivity contribution in [1.29, 1.82) is 0 Å². The van der Waals surface area contributed by atoms with E-state index in [1.807, 2.05) is 6.92 Å². The van der Waals surface area contributed by atoms with Gasteiger partial charge in [0.1, 0.15) is 10.2 Å². The summed E-state index contributed by atoms with van der Waals surface area (Å²) in [6.07, 6.45) is 2.18. The lowest BCUT2D eigenvalue weighted by atomic mass is 10.3. The van der Waals surface area contributed by atoms with E-state index in [-0.39, 0.29) is 5.56 Å². The van der Waals surface area contributed by atoms with E-state index in [9.17, 15) is 4.79 Å². The largest absolute Gasteiger partial charge is 0.304 e. The van der Waals surface area contributed by atoms with Gasteiger partial charge in [0, 0.05) is 0 Å². The maximum atomic E-state index is 11.5. The maximum Gasteiger partial charge on any atom is 0.265 e. The third kappa shape index (κ3) is 1.82. The predicted octanol–water partition coefficient (Wildman–Crippen LogP) is 0.880. The molecule has 2 rings (SSSR count). The summed E-state index contributed by atoms with van der Waals surface area (Å²) in [4.78, 5) is 18.4. The summed E-state index contributed by atoms with van der Waals surface area (Å²) in [6, 6.07) is 0. The van der Waals surface area contributed by atoms with Crippen LogP contribution in [0.15, 0.2) is 15.5 Å². The minimum Gasteiger partial charge on any atom is -0.304 e. The molecule has 2 heterocycles. The van der Waals surface area contributed by atoms with Gasteiger partial charge in [-0.3, -0.25) is 4.79 Å². The van der Waals surface area contributed by atoms with Gasteiger partial charge in [-0.1, -0.05) is 6.92 Å².